The number of hydrogen-bond donors (Lipinski definition) is 1. The van der Waals surface area contributed by atoms with Gasteiger partial charge in [0, 0.05) is 33.8 Å². The molecule has 0 bridgehead atoms. The summed E-state index contributed by atoms with van der Waals surface area (Å²) < 4.78 is 15.7. The zero-order valence-corrected chi connectivity index (χ0v) is 11.5. The highest BCUT2D eigenvalue weighted by molar-refractivity contribution is 6.60. The highest BCUT2D eigenvalue weighted by Gasteiger charge is 2.36. The SMILES string of the molecule is CO[Si](CCCCC(=O)CC(=O)O)(OC)OC. The van der Waals surface area contributed by atoms with Crippen molar-refractivity contribution in [2.75, 3.05) is 21.3 Å². The highest BCUT2D eigenvalue weighted by atomic mass is 28.4. The van der Waals surface area contributed by atoms with Crippen molar-refractivity contribution in [2.45, 2.75) is 31.7 Å². The summed E-state index contributed by atoms with van der Waals surface area (Å²) in [5.74, 6) is -1.33. The van der Waals surface area contributed by atoms with Gasteiger partial charge in [-0.25, -0.2) is 0 Å². The Balaban J connectivity index is 3.83. The fourth-order valence-electron chi connectivity index (χ4n) is 1.48. The fraction of sp³-hybridized carbons (Fsp3) is 0.800. The number of Topliss-reactive ketones (excluding diaryl/α,β-unsaturated/α-hetero) is 1. The Morgan fingerprint density at radius 3 is 2.00 bits per heavy atom. The molecule has 0 heterocycles. The van der Waals surface area contributed by atoms with Gasteiger partial charge in [0.05, 0.1) is 0 Å². The Morgan fingerprint density at radius 1 is 1.06 bits per heavy atom. The number of aliphatic carboxylic acids is 1. The Morgan fingerprint density at radius 2 is 1.59 bits per heavy atom. The maximum absolute atomic E-state index is 11.1. The van der Waals surface area contributed by atoms with E-state index in [0.29, 0.717) is 18.9 Å². The van der Waals surface area contributed by atoms with E-state index in [-0.39, 0.29) is 12.2 Å². The molecule has 100 valence electrons. The summed E-state index contributed by atoms with van der Waals surface area (Å²) in [4.78, 5) is 21.4. The summed E-state index contributed by atoms with van der Waals surface area (Å²) in [5.41, 5.74) is 0. The monoisotopic (exact) mass is 264 g/mol. The third kappa shape index (κ3) is 6.52. The van der Waals surface area contributed by atoms with Crippen LogP contribution in [0.2, 0.25) is 6.04 Å². The van der Waals surface area contributed by atoms with Crippen molar-refractivity contribution in [3.8, 4) is 0 Å². The maximum Gasteiger partial charge on any atom is 0.500 e. The molecule has 17 heavy (non-hydrogen) atoms. The number of ketones is 1. The van der Waals surface area contributed by atoms with E-state index in [1.54, 1.807) is 0 Å². The molecule has 7 heteroatoms. The van der Waals surface area contributed by atoms with Gasteiger partial charge < -0.3 is 18.4 Å². The largest absolute Gasteiger partial charge is 0.500 e. The van der Waals surface area contributed by atoms with Crippen LogP contribution in [0.1, 0.15) is 25.7 Å². The molecule has 0 aliphatic carbocycles. The van der Waals surface area contributed by atoms with Crippen LogP contribution in [0, 0.1) is 0 Å². The molecule has 6 nitrogen and oxygen atoms in total. The second-order valence-electron chi connectivity index (χ2n) is 3.61. The molecule has 0 saturated heterocycles. The van der Waals surface area contributed by atoms with E-state index in [2.05, 4.69) is 0 Å². The molecule has 0 unspecified atom stereocenters. The lowest BCUT2D eigenvalue weighted by Crippen LogP contribution is -2.42. The quantitative estimate of drug-likeness (QED) is 0.361. The average Bonchev–Trinajstić information content (AvgIpc) is 2.29. The molecule has 0 saturated carbocycles. The average molecular weight is 264 g/mol. The molecule has 0 amide bonds. The number of carbonyl (C=O) groups excluding carboxylic acids is 1. The molecule has 0 fully saturated rings. The minimum atomic E-state index is -2.55. The van der Waals surface area contributed by atoms with Crippen molar-refractivity contribution < 1.29 is 28.0 Å². The lowest BCUT2D eigenvalue weighted by Gasteiger charge is -2.24. The van der Waals surface area contributed by atoms with Crippen molar-refractivity contribution >= 4 is 20.6 Å². The predicted octanol–water partition coefficient (Wildman–Crippen LogP) is 1.08. The topological polar surface area (TPSA) is 82.1 Å². The molecule has 0 atom stereocenters. The molecule has 0 aliphatic rings. The van der Waals surface area contributed by atoms with Gasteiger partial charge in [-0.05, 0) is 12.8 Å². The molecule has 0 radical (unpaired) electrons. The second kappa shape index (κ2) is 8.35. The van der Waals surface area contributed by atoms with Crippen LogP contribution in [-0.2, 0) is 22.9 Å². The van der Waals surface area contributed by atoms with Crippen LogP contribution in [0.3, 0.4) is 0 Å². The Hall–Kier alpha value is -0.763. The van der Waals surface area contributed by atoms with E-state index in [4.69, 9.17) is 18.4 Å². The first kappa shape index (κ1) is 16.2. The van der Waals surface area contributed by atoms with Gasteiger partial charge in [-0.15, -0.1) is 0 Å². The van der Waals surface area contributed by atoms with E-state index in [9.17, 15) is 9.59 Å². The first-order chi connectivity index (χ1) is 7.99. The van der Waals surface area contributed by atoms with Gasteiger partial charge in [0.25, 0.3) is 0 Å². The van der Waals surface area contributed by atoms with Gasteiger partial charge in [0.1, 0.15) is 12.2 Å². The van der Waals surface area contributed by atoms with E-state index >= 15 is 0 Å². The normalized spacial score (nSPS) is 11.5. The molecule has 1 N–H and O–H groups in total. The maximum atomic E-state index is 11.1. The summed E-state index contributed by atoms with van der Waals surface area (Å²) >= 11 is 0. The Bertz CT molecular complexity index is 243. The molecule has 0 aromatic heterocycles. The molecule has 0 aliphatic heterocycles. The molecule has 0 aromatic rings. The number of unbranched alkanes of at least 4 members (excludes halogenated alkanes) is 1. The summed E-state index contributed by atoms with van der Waals surface area (Å²) in [6, 6.07) is 0.622. The third-order valence-electron chi connectivity index (χ3n) is 2.47. The van der Waals surface area contributed by atoms with Crippen molar-refractivity contribution in [1.29, 1.82) is 0 Å². The van der Waals surface area contributed by atoms with Gasteiger partial charge in [-0.1, -0.05) is 0 Å². The fourth-order valence-corrected chi connectivity index (χ4v) is 3.27. The molecular weight excluding hydrogens is 244 g/mol. The van der Waals surface area contributed by atoms with Gasteiger partial charge >= 0.3 is 14.8 Å². The number of hydrogen-bond acceptors (Lipinski definition) is 5. The number of carboxylic acid groups (broad SMARTS) is 1. The van der Waals surface area contributed by atoms with E-state index < -0.39 is 21.2 Å². The van der Waals surface area contributed by atoms with Crippen molar-refractivity contribution in [1.82, 2.24) is 0 Å². The molecule has 0 rings (SSSR count). The third-order valence-corrected chi connectivity index (χ3v) is 5.30. The first-order valence-electron chi connectivity index (χ1n) is 5.38. The van der Waals surface area contributed by atoms with Gasteiger partial charge in [-0.2, -0.15) is 0 Å². The van der Waals surface area contributed by atoms with Crippen LogP contribution in [0.25, 0.3) is 0 Å². The summed E-state index contributed by atoms with van der Waals surface area (Å²) in [6.07, 6.45) is 1.21. The smallest absolute Gasteiger partial charge is 0.481 e. The minimum absolute atomic E-state index is 0.253. The summed E-state index contributed by atoms with van der Waals surface area (Å²) in [5, 5.41) is 8.41. The van der Waals surface area contributed by atoms with Crippen LogP contribution in [0.4, 0.5) is 0 Å². The standard InChI is InChI=1S/C10H20O6Si/c1-14-17(15-2,16-3)7-5-4-6-9(11)8-10(12)13/h4-8H2,1-3H3,(H,12,13). The van der Waals surface area contributed by atoms with Crippen LogP contribution in [0.5, 0.6) is 0 Å². The zero-order valence-electron chi connectivity index (χ0n) is 10.5. The van der Waals surface area contributed by atoms with Crippen LogP contribution >= 0.6 is 0 Å². The lowest BCUT2D eigenvalue weighted by atomic mass is 10.1. The number of carboxylic acids is 1. The summed E-state index contributed by atoms with van der Waals surface area (Å²) in [6.45, 7) is 0. The van der Waals surface area contributed by atoms with Crippen molar-refractivity contribution in [3.63, 3.8) is 0 Å². The Labute approximate surface area is 102 Å². The first-order valence-corrected chi connectivity index (χ1v) is 7.32. The van der Waals surface area contributed by atoms with Gasteiger partial charge in [0.2, 0.25) is 0 Å². The van der Waals surface area contributed by atoms with Crippen molar-refractivity contribution in [3.05, 3.63) is 0 Å². The van der Waals surface area contributed by atoms with E-state index in [1.165, 1.54) is 21.3 Å². The van der Waals surface area contributed by atoms with Gasteiger partial charge in [-0.3, -0.25) is 9.59 Å². The Kier molecular flexibility index (Phi) is 7.97. The van der Waals surface area contributed by atoms with Gasteiger partial charge in [0.15, 0.2) is 0 Å². The molecule has 0 spiro atoms. The second-order valence-corrected chi connectivity index (χ2v) is 6.70. The van der Waals surface area contributed by atoms with E-state index in [0.717, 1.165) is 0 Å². The molecular formula is C10H20O6Si. The molecule has 0 aromatic carbocycles. The lowest BCUT2D eigenvalue weighted by molar-refractivity contribution is -0.140. The highest BCUT2D eigenvalue weighted by Crippen LogP contribution is 2.17. The van der Waals surface area contributed by atoms with Crippen molar-refractivity contribution in [2.24, 2.45) is 0 Å². The van der Waals surface area contributed by atoms with Crippen LogP contribution < -0.4 is 0 Å². The predicted molar refractivity (Wildman–Crippen MR) is 62.7 cm³/mol. The summed E-state index contributed by atoms with van der Waals surface area (Å²) in [7, 11) is 2.06. The number of carbonyl (C=O) groups is 2. The van der Waals surface area contributed by atoms with E-state index in [1.807, 2.05) is 0 Å². The minimum Gasteiger partial charge on any atom is -0.481 e. The van der Waals surface area contributed by atoms with Crippen LogP contribution in [0.15, 0.2) is 0 Å². The van der Waals surface area contributed by atoms with Crippen LogP contribution in [-0.4, -0.2) is 47.0 Å². The zero-order chi connectivity index (χ0) is 13.3. The number of rotatable bonds is 10.